The van der Waals surface area contributed by atoms with Crippen molar-refractivity contribution in [3.05, 3.63) is 62.6 Å². The number of aryl methyl sites for hydroxylation is 1. The highest BCUT2D eigenvalue weighted by atomic mass is 79.9. The minimum absolute atomic E-state index is 0.0151. The Balaban J connectivity index is 1.68. The molecule has 2 heterocycles. The zero-order valence-corrected chi connectivity index (χ0v) is 19.7. The Hall–Kier alpha value is -2.63. The van der Waals surface area contributed by atoms with Gasteiger partial charge in [0.2, 0.25) is 5.91 Å². The van der Waals surface area contributed by atoms with E-state index in [0.29, 0.717) is 40.0 Å². The first kappa shape index (κ1) is 21.6. The van der Waals surface area contributed by atoms with Crippen LogP contribution < -0.4 is 9.64 Å². The molecular formula is C23H22BrN3O3S. The number of anilines is 1. The van der Waals surface area contributed by atoms with Gasteiger partial charge in [0, 0.05) is 18.0 Å². The second-order valence-corrected chi connectivity index (χ2v) is 9.27. The molecule has 2 aliphatic rings. The molecule has 1 N–H and O–H groups in total. The highest BCUT2D eigenvalue weighted by Crippen LogP contribution is 2.46. The normalized spacial score (nSPS) is 18.6. The van der Waals surface area contributed by atoms with Gasteiger partial charge in [0.25, 0.3) is 0 Å². The van der Waals surface area contributed by atoms with E-state index in [1.54, 1.807) is 17.0 Å². The van der Waals surface area contributed by atoms with E-state index in [-0.39, 0.29) is 24.0 Å². The summed E-state index contributed by atoms with van der Waals surface area (Å²) in [7, 11) is 0. The Bertz CT molecular complexity index is 1090. The first-order valence-corrected chi connectivity index (χ1v) is 11.7. The van der Waals surface area contributed by atoms with Gasteiger partial charge in [0.05, 0.1) is 40.3 Å². The minimum Gasteiger partial charge on any atom is -0.503 e. The van der Waals surface area contributed by atoms with Crippen LogP contribution >= 0.6 is 27.7 Å². The third kappa shape index (κ3) is 4.12. The summed E-state index contributed by atoms with van der Waals surface area (Å²) in [5, 5.41) is 20.9. The van der Waals surface area contributed by atoms with Crippen molar-refractivity contribution in [2.24, 2.45) is 0 Å². The number of rotatable bonds is 4. The van der Waals surface area contributed by atoms with E-state index >= 15 is 0 Å². The maximum absolute atomic E-state index is 13.1. The van der Waals surface area contributed by atoms with E-state index in [4.69, 9.17) is 4.74 Å². The molecule has 0 radical (unpaired) electrons. The number of phenolic OH excluding ortho intramolecular Hbond substituents is 1. The van der Waals surface area contributed by atoms with Crippen LogP contribution in [0.25, 0.3) is 0 Å². The number of fused-ring (bicyclic) bond motifs is 1. The third-order valence-electron chi connectivity index (χ3n) is 5.45. The van der Waals surface area contributed by atoms with Crippen LogP contribution in [0.5, 0.6) is 11.5 Å². The van der Waals surface area contributed by atoms with Gasteiger partial charge in [-0.2, -0.15) is 5.26 Å². The molecule has 8 heteroatoms. The molecule has 2 aliphatic heterocycles. The van der Waals surface area contributed by atoms with Crippen molar-refractivity contribution in [2.75, 3.05) is 24.1 Å². The van der Waals surface area contributed by atoms with E-state index in [9.17, 15) is 15.2 Å². The molecule has 31 heavy (non-hydrogen) atoms. The van der Waals surface area contributed by atoms with Crippen LogP contribution in [-0.4, -0.2) is 35.1 Å². The number of nitriles is 1. The van der Waals surface area contributed by atoms with Gasteiger partial charge in [-0.05, 0) is 59.6 Å². The third-order valence-corrected chi connectivity index (χ3v) is 7.20. The molecule has 160 valence electrons. The largest absolute Gasteiger partial charge is 0.503 e. The molecule has 0 saturated carbocycles. The van der Waals surface area contributed by atoms with Gasteiger partial charge < -0.3 is 14.7 Å². The van der Waals surface area contributed by atoms with Crippen molar-refractivity contribution in [1.82, 2.24) is 4.90 Å². The van der Waals surface area contributed by atoms with Crippen molar-refractivity contribution in [3.63, 3.8) is 0 Å². The lowest BCUT2D eigenvalue weighted by Gasteiger charge is -2.42. The maximum atomic E-state index is 13.1. The minimum atomic E-state index is -0.377. The topological polar surface area (TPSA) is 76.8 Å². The van der Waals surface area contributed by atoms with Crippen LogP contribution in [0.4, 0.5) is 5.69 Å². The van der Waals surface area contributed by atoms with Gasteiger partial charge in [0.15, 0.2) is 11.5 Å². The van der Waals surface area contributed by atoms with Crippen molar-refractivity contribution >= 4 is 39.3 Å². The number of allylic oxidation sites excluding steroid dienone is 1. The first-order valence-electron chi connectivity index (χ1n) is 9.97. The molecule has 0 aliphatic carbocycles. The van der Waals surface area contributed by atoms with E-state index in [0.717, 1.165) is 11.3 Å². The van der Waals surface area contributed by atoms with E-state index in [1.165, 1.54) is 17.3 Å². The molecular weight excluding hydrogens is 478 g/mol. The molecule has 2 aromatic carbocycles. The molecule has 1 saturated heterocycles. The SMILES string of the molecule is CCOc1cc(C2CC(=O)N3CN(c4ccc(C)cc4)CSC3=C2C#N)cc(Br)c1O. The van der Waals surface area contributed by atoms with Gasteiger partial charge in [-0.25, -0.2) is 0 Å². The lowest BCUT2D eigenvalue weighted by molar-refractivity contribution is -0.129. The van der Waals surface area contributed by atoms with Gasteiger partial charge in [-0.15, -0.1) is 0 Å². The first-order chi connectivity index (χ1) is 14.9. The number of thioether (sulfide) groups is 1. The standard InChI is InChI=1S/C23H22BrN3O3S/c1-3-30-20-9-15(8-19(24)22(20)29)17-10-21(28)27-12-26(13-31-23(27)18(17)11-25)16-6-4-14(2)5-7-16/h4-9,17,29H,3,10,12-13H2,1-2H3. The highest BCUT2D eigenvalue weighted by molar-refractivity contribution is 9.10. The number of aromatic hydroxyl groups is 1. The van der Waals surface area contributed by atoms with Crippen molar-refractivity contribution in [3.8, 4) is 17.6 Å². The Morgan fingerprint density at radius 2 is 2.06 bits per heavy atom. The Morgan fingerprint density at radius 3 is 2.74 bits per heavy atom. The number of hydrogen-bond acceptors (Lipinski definition) is 6. The van der Waals surface area contributed by atoms with Gasteiger partial charge >= 0.3 is 0 Å². The monoisotopic (exact) mass is 499 g/mol. The summed E-state index contributed by atoms with van der Waals surface area (Å²) < 4.78 is 6.02. The molecule has 0 bridgehead atoms. The molecule has 0 aromatic heterocycles. The number of halogens is 1. The summed E-state index contributed by atoms with van der Waals surface area (Å²) in [6.07, 6.45) is 0.192. The number of ether oxygens (including phenoxy) is 1. The summed E-state index contributed by atoms with van der Waals surface area (Å²) in [4.78, 5) is 17.0. The number of carbonyl (C=O) groups excluding carboxylic acids is 1. The fourth-order valence-corrected chi connectivity index (χ4v) is 5.45. The average molecular weight is 500 g/mol. The Kier molecular flexibility index (Phi) is 6.17. The quantitative estimate of drug-likeness (QED) is 0.631. The fourth-order valence-electron chi connectivity index (χ4n) is 3.83. The number of carbonyl (C=O) groups is 1. The average Bonchev–Trinajstić information content (AvgIpc) is 2.77. The smallest absolute Gasteiger partial charge is 0.229 e. The summed E-state index contributed by atoms with van der Waals surface area (Å²) in [5.41, 5.74) is 3.58. The van der Waals surface area contributed by atoms with Crippen molar-refractivity contribution < 1.29 is 14.6 Å². The molecule has 2 aromatic rings. The van der Waals surface area contributed by atoms with Gasteiger partial charge in [-0.3, -0.25) is 9.69 Å². The molecule has 4 rings (SSSR count). The lowest BCUT2D eigenvalue weighted by atomic mass is 9.86. The molecule has 6 nitrogen and oxygen atoms in total. The summed E-state index contributed by atoms with van der Waals surface area (Å²) in [5.74, 6) is 0.611. The molecule has 1 fully saturated rings. The zero-order valence-electron chi connectivity index (χ0n) is 17.3. The number of nitrogens with zero attached hydrogens (tertiary/aromatic N) is 3. The second kappa shape index (κ2) is 8.85. The number of phenols is 1. The van der Waals surface area contributed by atoms with E-state index < -0.39 is 0 Å². The molecule has 0 spiro atoms. The van der Waals surface area contributed by atoms with Crippen LogP contribution in [0.1, 0.15) is 30.4 Å². The highest BCUT2D eigenvalue weighted by Gasteiger charge is 2.38. The van der Waals surface area contributed by atoms with Crippen LogP contribution in [-0.2, 0) is 4.79 Å². The molecule has 1 atom stereocenters. The van der Waals surface area contributed by atoms with Crippen LogP contribution in [0.3, 0.4) is 0 Å². The van der Waals surface area contributed by atoms with Crippen LogP contribution in [0.15, 0.2) is 51.5 Å². The summed E-state index contributed by atoms with van der Waals surface area (Å²) in [6, 6.07) is 14.0. The van der Waals surface area contributed by atoms with Gasteiger partial charge in [0.1, 0.15) is 0 Å². The predicted molar refractivity (Wildman–Crippen MR) is 125 cm³/mol. The summed E-state index contributed by atoms with van der Waals surface area (Å²) >= 11 is 4.87. The summed E-state index contributed by atoms with van der Waals surface area (Å²) in [6.45, 7) is 4.70. The predicted octanol–water partition coefficient (Wildman–Crippen LogP) is 5.08. The second-order valence-electron chi connectivity index (χ2n) is 7.48. The van der Waals surface area contributed by atoms with E-state index in [2.05, 4.69) is 51.2 Å². The van der Waals surface area contributed by atoms with Crippen LogP contribution in [0.2, 0.25) is 0 Å². The Morgan fingerprint density at radius 1 is 1.32 bits per heavy atom. The number of hydrogen-bond donors (Lipinski definition) is 1. The number of amides is 1. The van der Waals surface area contributed by atoms with Crippen molar-refractivity contribution in [1.29, 1.82) is 5.26 Å². The maximum Gasteiger partial charge on any atom is 0.229 e. The van der Waals surface area contributed by atoms with Gasteiger partial charge in [-0.1, -0.05) is 29.5 Å². The Labute approximate surface area is 194 Å². The molecule has 1 unspecified atom stereocenters. The molecule has 1 amide bonds. The fraction of sp³-hybridized carbons (Fsp3) is 0.304. The van der Waals surface area contributed by atoms with Crippen LogP contribution in [0, 0.1) is 18.3 Å². The zero-order chi connectivity index (χ0) is 22.1. The van der Waals surface area contributed by atoms with Crippen molar-refractivity contribution in [2.45, 2.75) is 26.2 Å². The number of benzene rings is 2. The lowest BCUT2D eigenvalue weighted by Crippen LogP contribution is -2.47. The van der Waals surface area contributed by atoms with E-state index in [1.807, 2.05) is 13.8 Å².